The van der Waals surface area contributed by atoms with Gasteiger partial charge in [0.15, 0.2) is 0 Å². The molecule has 1 aromatic carbocycles. The highest BCUT2D eigenvalue weighted by atomic mass is 32.2. The predicted octanol–water partition coefficient (Wildman–Crippen LogP) is 2.93. The van der Waals surface area contributed by atoms with Crippen LogP contribution in [0.2, 0.25) is 0 Å². The number of alkyl halides is 2. The number of anilines is 1. The lowest BCUT2D eigenvalue weighted by Gasteiger charge is -2.11. The molecule has 1 amide bonds. The van der Waals surface area contributed by atoms with Gasteiger partial charge in [-0.25, -0.2) is 9.67 Å². The van der Waals surface area contributed by atoms with Gasteiger partial charge in [0.1, 0.15) is 11.4 Å². The first-order chi connectivity index (χ1) is 12.0. The summed E-state index contributed by atoms with van der Waals surface area (Å²) in [7, 11) is 0. The third kappa shape index (κ3) is 3.97. The van der Waals surface area contributed by atoms with Crippen molar-refractivity contribution >= 4 is 23.4 Å². The average molecular weight is 362 g/mol. The normalized spacial score (nSPS) is 10.9. The standard InChI is InChI=1S/C15H12F2N6OS/c1-9-7-10(4-5-12(9)23-8-19-21-22-23)20-13(24)11-3-2-6-18-14(11)25-15(16)17/h2-8,15H,1H3,(H,20,24). The second-order valence-electron chi connectivity index (χ2n) is 4.94. The number of thioether (sulfide) groups is 1. The summed E-state index contributed by atoms with van der Waals surface area (Å²) in [6, 6.07) is 8.15. The van der Waals surface area contributed by atoms with Crippen molar-refractivity contribution in [3.8, 4) is 5.69 Å². The van der Waals surface area contributed by atoms with Gasteiger partial charge in [0.25, 0.3) is 11.7 Å². The summed E-state index contributed by atoms with van der Waals surface area (Å²) in [5.41, 5.74) is 2.21. The number of hydrogen-bond acceptors (Lipinski definition) is 6. The van der Waals surface area contributed by atoms with Gasteiger partial charge < -0.3 is 5.32 Å². The largest absolute Gasteiger partial charge is 0.322 e. The van der Waals surface area contributed by atoms with Crippen LogP contribution >= 0.6 is 11.8 Å². The van der Waals surface area contributed by atoms with Crippen LogP contribution in [0.15, 0.2) is 47.9 Å². The molecule has 0 saturated heterocycles. The van der Waals surface area contributed by atoms with E-state index in [9.17, 15) is 13.6 Å². The van der Waals surface area contributed by atoms with Crippen molar-refractivity contribution in [1.82, 2.24) is 25.2 Å². The van der Waals surface area contributed by atoms with Crippen LogP contribution in [0.25, 0.3) is 5.69 Å². The number of hydrogen-bond donors (Lipinski definition) is 1. The van der Waals surface area contributed by atoms with Crippen LogP contribution < -0.4 is 5.32 Å². The van der Waals surface area contributed by atoms with Gasteiger partial charge in [0, 0.05) is 11.9 Å². The Morgan fingerprint density at radius 1 is 1.32 bits per heavy atom. The van der Waals surface area contributed by atoms with Gasteiger partial charge in [0.2, 0.25) is 0 Å². The van der Waals surface area contributed by atoms with Gasteiger partial charge >= 0.3 is 0 Å². The predicted molar refractivity (Wildman–Crippen MR) is 87.9 cm³/mol. The molecular formula is C15H12F2N6OS. The minimum Gasteiger partial charge on any atom is -0.322 e. The van der Waals surface area contributed by atoms with Crippen molar-refractivity contribution in [3.63, 3.8) is 0 Å². The molecule has 10 heteroatoms. The molecule has 1 N–H and O–H groups in total. The average Bonchev–Trinajstić information content (AvgIpc) is 3.09. The molecule has 0 aliphatic carbocycles. The Labute approximate surface area is 145 Å². The molecule has 25 heavy (non-hydrogen) atoms. The SMILES string of the molecule is Cc1cc(NC(=O)c2cccnc2SC(F)F)ccc1-n1cnnn1. The number of carbonyl (C=O) groups is 1. The number of benzene rings is 1. The van der Waals surface area contributed by atoms with E-state index in [0.29, 0.717) is 5.69 Å². The molecule has 3 rings (SSSR count). The van der Waals surface area contributed by atoms with E-state index in [1.54, 1.807) is 18.2 Å². The van der Waals surface area contributed by atoms with Crippen LogP contribution in [0.1, 0.15) is 15.9 Å². The fourth-order valence-corrected chi connectivity index (χ4v) is 2.78. The molecule has 3 aromatic rings. The zero-order chi connectivity index (χ0) is 17.8. The topological polar surface area (TPSA) is 85.6 Å². The molecule has 2 aromatic heterocycles. The molecule has 128 valence electrons. The number of rotatable bonds is 5. The molecule has 2 heterocycles. The quantitative estimate of drug-likeness (QED) is 0.703. The Kier molecular flexibility index (Phi) is 4.98. The van der Waals surface area contributed by atoms with E-state index in [1.165, 1.54) is 29.3 Å². The highest BCUT2D eigenvalue weighted by Gasteiger charge is 2.17. The minimum atomic E-state index is -2.65. The summed E-state index contributed by atoms with van der Waals surface area (Å²) in [5.74, 6) is -3.16. The lowest BCUT2D eigenvalue weighted by molar-refractivity contribution is 0.102. The molecule has 0 atom stereocenters. The van der Waals surface area contributed by atoms with E-state index >= 15 is 0 Å². The van der Waals surface area contributed by atoms with Crippen LogP contribution in [-0.4, -0.2) is 36.9 Å². The highest BCUT2D eigenvalue weighted by molar-refractivity contribution is 7.99. The Bertz CT molecular complexity index is 887. The van der Waals surface area contributed by atoms with E-state index in [-0.39, 0.29) is 22.4 Å². The summed E-state index contributed by atoms with van der Waals surface area (Å²) in [6.07, 6.45) is 2.83. The number of carbonyl (C=O) groups excluding carboxylic acids is 1. The van der Waals surface area contributed by atoms with Crippen molar-refractivity contribution in [1.29, 1.82) is 0 Å². The van der Waals surface area contributed by atoms with Crippen LogP contribution in [-0.2, 0) is 0 Å². The summed E-state index contributed by atoms with van der Waals surface area (Å²) < 4.78 is 26.7. The first-order valence-electron chi connectivity index (χ1n) is 7.10. The van der Waals surface area contributed by atoms with E-state index in [4.69, 9.17) is 0 Å². The fraction of sp³-hybridized carbons (Fsp3) is 0.133. The van der Waals surface area contributed by atoms with E-state index < -0.39 is 11.7 Å². The number of tetrazole rings is 1. The zero-order valence-corrected chi connectivity index (χ0v) is 13.7. The zero-order valence-electron chi connectivity index (χ0n) is 12.9. The molecule has 0 aliphatic rings. The van der Waals surface area contributed by atoms with Crippen molar-refractivity contribution in [2.24, 2.45) is 0 Å². The molecule has 0 radical (unpaired) electrons. The van der Waals surface area contributed by atoms with Crippen LogP contribution in [0.4, 0.5) is 14.5 Å². The Hall–Kier alpha value is -2.88. The van der Waals surface area contributed by atoms with Crippen LogP contribution in [0.5, 0.6) is 0 Å². The third-order valence-electron chi connectivity index (χ3n) is 3.27. The minimum absolute atomic E-state index is 0.0166. The summed E-state index contributed by atoms with van der Waals surface area (Å²) in [5, 5.41) is 13.6. The van der Waals surface area contributed by atoms with Crippen LogP contribution in [0.3, 0.4) is 0 Å². The first-order valence-corrected chi connectivity index (χ1v) is 7.98. The van der Waals surface area contributed by atoms with E-state index in [0.717, 1.165) is 11.3 Å². The Morgan fingerprint density at radius 2 is 2.16 bits per heavy atom. The number of amides is 1. The van der Waals surface area contributed by atoms with Gasteiger partial charge in [-0.05, 0) is 65.0 Å². The molecule has 0 spiro atoms. The maximum absolute atomic E-state index is 12.6. The highest BCUT2D eigenvalue weighted by Crippen LogP contribution is 2.27. The molecule has 0 fully saturated rings. The van der Waals surface area contributed by atoms with E-state index in [1.807, 2.05) is 6.92 Å². The van der Waals surface area contributed by atoms with Crippen molar-refractivity contribution < 1.29 is 13.6 Å². The molecule has 0 aliphatic heterocycles. The smallest absolute Gasteiger partial charge is 0.290 e. The Balaban J connectivity index is 1.81. The number of halogens is 2. The number of nitrogens with one attached hydrogen (secondary N) is 1. The van der Waals surface area contributed by atoms with Crippen molar-refractivity contribution in [2.75, 3.05) is 5.32 Å². The number of aryl methyl sites for hydroxylation is 1. The first kappa shape index (κ1) is 17.0. The van der Waals surface area contributed by atoms with E-state index in [2.05, 4.69) is 25.8 Å². The Morgan fingerprint density at radius 3 is 2.84 bits per heavy atom. The maximum atomic E-state index is 12.6. The molecular weight excluding hydrogens is 350 g/mol. The second-order valence-corrected chi connectivity index (χ2v) is 5.92. The van der Waals surface area contributed by atoms with Gasteiger partial charge in [-0.3, -0.25) is 4.79 Å². The molecule has 0 unspecified atom stereocenters. The van der Waals surface area contributed by atoms with Gasteiger partial charge in [-0.1, -0.05) is 0 Å². The maximum Gasteiger partial charge on any atom is 0.290 e. The number of aromatic nitrogens is 5. The van der Waals surface area contributed by atoms with Gasteiger partial charge in [-0.15, -0.1) is 5.10 Å². The monoisotopic (exact) mass is 362 g/mol. The van der Waals surface area contributed by atoms with Crippen molar-refractivity contribution in [3.05, 3.63) is 54.0 Å². The molecule has 0 saturated carbocycles. The van der Waals surface area contributed by atoms with Crippen molar-refractivity contribution in [2.45, 2.75) is 17.7 Å². The fourth-order valence-electron chi connectivity index (χ4n) is 2.20. The lowest BCUT2D eigenvalue weighted by Crippen LogP contribution is -2.14. The lowest BCUT2D eigenvalue weighted by atomic mass is 10.1. The number of nitrogens with zero attached hydrogens (tertiary/aromatic N) is 5. The molecule has 0 bridgehead atoms. The summed E-state index contributed by atoms with van der Waals surface area (Å²) in [4.78, 5) is 16.2. The van der Waals surface area contributed by atoms with Crippen LogP contribution in [0, 0.1) is 6.92 Å². The number of pyridine rings is 1. The van der Waals surface area contributed by atoms with Gasteiger partial charge in [0.05, 0.1) is 11.3 Å². The summed E-state index contributed by atoms with van der Waals surface area (Å²) in [6.45, 7) is 1.84. The van der Waals surface area contributed by atoms with Gasteiger partial charge in [-0.2, -0.15) is 8.78 Å². The third-order valence-corrected chi connectivity index (χ3v) is 3.99. The summed E-state index contributed by atoms with van der Waals surface area (Å²) >= 11 is 0.237. The second kappa shape index (κ2) is 7.34. The molecule has 7 nitrogen and oxygen atoms in total.